The van der Waals surface area contributed by atoms with Crippen LogP contribution in [0.5, 0.6) is 0 Å². The van der Waals surface area contributed by atoms with Crippen LogP contribution in [0.2, 0.25) is 0 Å². The summed E-state index contributed by atoms with van der Waals surface area (Å²) in [7, 11) is 0. The van der Waals surface area contributed by atoms with E-state index in [1.807, 2.05) is 0 Å². The Morgan fingerprint density at radius 1 is 1.54 bits per heavy atom. The normalized spacial score (nSPS) is 28.7. The number of fused-ring (bicyclic) bond motifs is 1. The number of carbonyl (C=O) groups is 3. The number of aliphatic hydroxyl groups is 1. The number of carboxylic acid groups (broad SMARTS) is 1. The fourth-order valence-electron chi connectivity index (χ4n) is 3.20. The molecule has 0 radical (unpaired) electrons. The topological polar surface area (TPSA) is 107 Å². The summed E-state index contributed by atoms with van der Waals surface area (Å²) in [5.41, 5.74) is -0.0143. The van der Waals surface area contributed by atoms with Crippen molar-refractivity contribution in [1.29, 1.82) is 0 Å². The lowest BCUT2D eigenvalue weighted by Gasteiger charge is -2.43. The second-order valence-electron chi connectivity index (χ2n) is 6.26. The molecule has 0 aromatic rings. The van der Waals surface area contributed by atoms with Crippen molar-refractivity contribution in [3.63, 3.8) is 0 Å². The summed E-state index contributed by atoms with van der Waals surface area (Å²) in [6.07, 6.45) is 0.979. The fourth-order valence-corrected chi connectivity index (χ4v) is 6.52. The molecular weight excluding hydrogens is 380 g/mol. The van der Waals surface area contributed by atoms with Crippen molar-refractivity contribution in [1.82, 2.24) is 9.80 Å². The first kappa shape index (κ1) is 19.1. The van der Waals surface area contributed by atoms with E-state index in [0.717, 1.165) is 0 Å². The number of rotatable bonds is 6. The van der Waals surface area contributed by atoms with Crippen molar-refractivity contribution >= 4 is 41.5 Å². The molecule has 4 atom stereocenters. The summed E-state index contributed by atoms with van der Waals surface area (Å²) < 4.78 is 5.58. The Hall–Kier alpha value is -1.65. The zero-order valence-electron chi connectivity index (χ0n) is 14.2. The summed E-state index contributed by atoms with van der Waals surface area (Å²) in [6.45, 7) is 6.18. The number of aliphatic carboxylic acids is 1. The number of carbonyl (C=O) groups excluding carboxylic acids is 2. The Balaban J connectivity index is 1.66. The number of hydrogen-bond acceptors (Lipinski definition) is 7. The molecule has 0 spiro atoms. The number of amides is 2. The molecule has 3 aliphatic rings. The van der Waals surface area contributed by atoms with E-state index in [-0.39, 0.29) is 28.8 Å². The molecule has 0 aromatic heterocycles. The average molecular weight is 400 g/mol. The van der Waals surface area contributed by atoms with Gasteiger partial charge in [0.05, 0.1) is 16.3 Å². The van der Waals surface area contributed by atoms with Crippen LogP contribution < -0.4 is 0 Å². The first-order valence-corrected chi connectivity index (χ1v) is 9.95. The van der Waals surface area contributed by atoms with Crippen molar-refractivity contribution in [3.05, 3.63) is 22.6 Å². The van der Waals surface area contributed by atoms with E-state index in [1.54, 1.807) is 4.90 Å². The first-order valence-electron chi connectivity index (χ1n) is 8.19. The quantitative estimate of drug-likeness (QED) is 0.507. The third kappa shape index (κ3) is 3.33. The van der Waals surface area contributed by atoms with Gasteiger partial charge in [-0.3, -0.25) is 9.69 Å². The molecule has 2 fully saturated rings. The van der Waals surface area contributed by atoms with Crippen LogP contribution in [0, 0.1) is 5.92 Å². The predicted octanol–water partition coefficient (Wildman–Crippen LogP) is 1.28. The van der Waals surface area contributed by atoms with Crippen LogP contribution in [-0.2, 0) is 14.3 Å². The van der Waals surface area contributed by atoms with Gasteiger partial charge in [-0.15, -0.1) is 11.8 Å². The van der Waals surface area contributed by atoms with Gasteiger partial charge in [-0.1, -0.05) is 24.4 Å². The monoisotopic (exact) mass is 400 g/mol. The minimum absolute atomic E-state index is 0.0143. The zero-order chi connectivity index (χ0) is 19.0. The Kier molecular flexibility index (Phi) is 5.54. The van der Waals surface area contributed by atoms with E-state index < -0.39 is 24.1 Å². The first-order chi connectivity index (χ1) is 12.3. The van der Waals surface area contributed by atoms with Crippen molar-refractivity contribution in [2.75, 3.05) is 19.7 Å². The lowest BCUT2D eigenvalue weighted by molar-refractivity contribution is -0.156. The van der Waals surface area contributed by atoms with E-state index in [0.29, 0.717) is 23.7 Å². The highest BCUT2D eigenvalue weighted by molar-refractivity contribution is 8.23. The van der Waals surface area contributed by atoms with E-state index in [4.69, 9.17) is 4.74 Å². The number of nitrogens with zero attached hydrogens (tertiary/aromatic N) is 2. The summed E-state index contributed by atoms with van der Waals surface area (Å²) in [6, 6.07) is 0. The molecule has 2 N–H and O–H groups in total. The van der Waals surface area contributed by atoms with Gasteiger partial charge in [0.2, 0.25) is 5.91 Å². The van der Waals surface area contributed by atoms with Crippen molar-refractivity contribution in [2.45, 2.75) is 30.1 Å². The highest BCUT2D eigenvalue weighted by Gasteiger charge is 2.58. The zero-order valence-corrected chi connectivity index (χ0v) is 15.8. The highest BCUT2D eigenvalue weighted by Crippen LogP contribution is 2.55. The third-order valence-electron chi connectivity index (χ3n) is 4.47. The maximum absolute atomic E-state index is 12.2. The lowest BCUT2D eigenvalue weighted by Crippen LogP contribution is -2.60. The highest BCUT2D eigenvalue weighted by atomic mass is 32.2. The Bertz CT molecular complexity index is 680. The minimum atomic E-state index is -1.15. The number of hydrogen-bond donors (Lipinski definition) is 2. The van der Waals surface area contributed by atoms with E-state index in [1.165, 1.54) is 41.4 Å². The van der Waals surface area contributed by atoms with Crippen LogP contribution in [0.15, 0.2) is 22.6 Å². The van der Waals surface area contributed by atoms with E-state index >= 15 is 0 Å². The van der Waals surface area contributed by atoms with Crippen molar-refractivity contribution in [2.24, 2.45) is 5.92 Å². The molecule has 2 amide bonds. The molecule has 3 rings (SSSR count). The van der Waals surface area contributed by atoms with Gasteiger partial charge in [0.1, 0.15) is 12.0 Å². The molecule has 2 saturated heterocycles. The van der Waals surface area contributed by atoms with Gasteiger partial charge in [0.25, 0.3) is 0 Å². The number of thioether (sulfide) groups is 2. The van der Waals surface area contributed by atoms with Gasteiger partial charge < -0.3 is 19.8 Å². The molecule has 3 heterocycles. The minimum Gasteiger partial charge on any atom is -0.477 e. The summed E-state index contributed by atoms with van der Waals surface area (Å²) >= 11 is 2.68. The largest absolute Gasteiger partial charge is 0.477 e. The molecule has 8 nitrogen and oxygen atoms in total. The maximum atomic E-state index is 12.2. The number of aliphatic hydroxyl groups excluding tert-OH is 1. The van der Waals surface area contributed by atoms with Gasteiger partial charge in [-0.25, -0.2) is 9.59 Å². The fraction of sp³-hybridized carbons (Fsp3) is 0.562. The van der Waals surface area contributed by atoms with Gasteiger partial charge in [0, 0.05) is 18.3 Å². The Morgan fingerprint density at radius 2 is 2.27 bits per heavy atom. The number of carboxylic acids is 1. The van der Waals surface area contributed by atoms with Crippen molar-refractivity contribution < 1.29 is 29.3 Å². The standard InChI is InChI=1S/C16H20N2O6S2/c1-3-6-24-16(23)17-5-4-9(7-17)25-15-11(14(21)22)18-12(20)10(8(2)19)13(18)26-15/h3,8-10,13,19H,1,4-7H2,2H3,(H,21,22)/t8-,9-,10?,13+/m1/s1. The molecular formula is C16H20N2O6S2. The molecule has 0 saturated carbocycles. The van der Waals surface area contributed by atoms with Gasteiger partial charge in [0.15, 0.2) is 5.70 Å². The van der Waals surface area contributed by atoms with E-state index in [2.05, 4.69) is 6.58 Å². The molecule has 0 bridgehead atoms. The lowest BCUT2D eigenvalue weighted by atomic mass is 9.92. The van der Waals surface area contributed by atoms with Gasteiger partial charge >= 0.3 is 12.1 Å². The van der Waals surface area contributed by atoms with Crippen LogP contribution in [0.4, 0.5) is 4.79 Å². The average Bonchev–Trinajstić information content (AvgIpc) is 3.15. The van der Waals surface area contributed by atoms with Crippen molar-refractivity contribution in [3.8, 4) is 0 Å². The van der Waals surface area contributed by atoms with Crippen LogP contribution in [0.3, 0.4) is 0 Å². The van der Waals surface area contributed by atoms with Crippen LogP contribution in [0.1, 0.15) is 13.3 Å². The Morgan fingerprint density at radius 3 is 2.88 bits per heavy atom. The second-order valence-corrected chi connectivity index (χ2v) is 8.96. The van der Waals surface area contributed by atoms with Crippen LogP contribution in [0.25, 0.3) is 0 Å². The smallest absolute Gasteiger partial charge is 0.410 e. The molecule has 0 aromatic carbocycles. The summed E-state index contributed by atoms with van der Waals surface area (Å²) in [5.74, 6) is -2.09. The Labute approximate surface area is 159 Å². The molecule has 10 heteroatoms. The SMILES string of the molecule is C=CCOC(=O)N1CC[C@@H](SC2=C(C(=O)O)N3C(=O)C([C@@H](C)O)[C@@H]3S2)C1. The summed E-state index contributed by atoms with van der Waals surface area (Å²) in [5, 5.41) is 18.9. The number of likely N-dealkylation sites (tertiary alicyclic amines) is 1. The molecule has 1 unspecified atom stereocenters. The maximum Gasteiger partial charge on any atom is 0.410 e. The number of β-lactam (4-membered cyclic amide) rings is 1. The molecule has 142 valence electrons. The molecule has 26 heavy (non-hydrogen) atoms. The van der Waals surface area contributed by atoms with Gasteiger partial charge in [-0.2, -0.15) is 0 Å². The third-order valence-corrected chi connectivity index (χ3v) is 7.33. The summed E-state index contributed by atoms with van der Waals surface area (Å²) in [4.78, 5) is 38.6. The second kappa shape index (κ2) is 7.53. The molecule has 3 aliphatic heterocycles. The van der Waals surface area contributed by atoms with E-state index in [9.17, 15) is 24.6 Å². The van der Waals surface area contributed by atoms with Crippen LogP contribution >= 0.6 is 23.5 Å². The van der Waals surface area contributed by atoms with Crippen LogP contribution in [-0.4, -0.2) is 74.4 Å². The predicted molar refractivity (Wildman–Crippen MR) is 97.2 cm³/mol. The number of ether oxygens (including phenoxy) is 1. The molecule has 0 aliphatic carbocycles. The van der Waals surface area contributed by atoms with Gasteiger partial charge in [-0.05, 0) is 13.3 Å².